The van der Waals surface area contributed by atoms with Crippen molar-refractivity contribution in [2.45, 2.75) is 0 Å². The number of para-hydroxylation sites is 1. The minimum Gasteiger partial charge on any atom is -0.481 e. The number of carboxylic acid groups (broad SMARTS) is 1. The van der Waals surface area contributed by atoms with E-state index in [0.29, 0.717) is 18.8 Å². The minimum atomic E-state index is -0.957. The number of nitrogens with zero attached hydrogens (tertiary/aromatic N) is 2. The van der Waals surface area contributed by atoms with E-state index in [4.69, 9.17) is 9.84 Å². The number of ether oxygens (including phenoxy) is 1. The van der Waals surface area contributed by atoms with Crippen molar-refractivity contribution in [2.24, 2.45) is 5.92 Å². The molecule has 21 heavy (non-hydrogen) atoms. The molecule has 0 aliphatic carbocycles. The van der Waals surface area contributed by atoms with E-state index in [1.165, 1.54) is 4.90 Å². The van der Waals surface area contributed by atoms with Crippen LogP contribution in [0.15, 0.2) is 24.3 Å². The molecule has 0 radical (unpaired) electrons. The van der Waals surface area contributed by atoms with Gasteiger partial charge in [-0.2, -0.15) is 5.10 Å². The Morgan fingerprint density at radius 3 is 3.00 bits per heavy atom. The quantitative estimate of drug-likeness (QED) is 0.850. The predicted molar refractivity (Wildman–Crippen MR) is 73.9 cm³/mol. The molecule has 0 saturated carbocycles. The molecule has 2 heterocycles. The van der Waals surface area contributed by atoms with Crippen LogP contribution in [-0.2, 0) is 9.53 Å². The van der Waals surface area contributed by atoms with Gasteiger partial charge in [0.1, 0.15) is 0 Å². The summed E-state index contributed by atoms with van der Waals surface area (Å²) in [5.41, 5.74) is 1.10. The smallest absolute Gasteiger partial charge is 0.310 e. The fourth-order valence-corrected chi connectivity index (χ4v) is 2.42. The normalized spacial score (nSPS) is 19.4. The zero-order valence-corrected chi connectivity index (χ0v) is 11.3. The van der Waals surface area contributed by atoms with Crippen LogP contribution in [0.1, 0.15) is 10.5 Å². The number of fused-ring (bicyclic) bond motifs is 1. The lowest BCUT2D eigenvalue weighted by atomic mass is 10.1. The van der Waals surface area contributed by atoms with Crippen molar-refractivity contribution in [3.8, 4) is 0 Å². The van der Waals surface area contributed by atoms with E-state index in [2.05, 4.69) is 10.2 Å². The summed E-state index contributed by atoms with van der Waals surface area (Å²) < 4.78 is 5.25. The Labute approximate surface area is 120 Å². The van der Waals surface area contributed by atoms with Crippen LogP contribution in [0.4, 0.5) is 0 Å². The molecule has 1 aliphatic heterocycles. The summed E-state index contributed by atoms with van der Waals surface area (Å²) in [6, 6.07) is 7.34. The van der Waals surface area contributed by atoms with E-state index < -0.39 is 11.9 Å². The third kappa shape index (κ3) is 2.59. The van der Waals surface area contributed by atoms with Gasteiger partial charge in [-0.25, -0.2) is 0 Å². The Hall–Kier alpha value is -2.41. The van der Waals surface area contributed by atoms with Crippen LogP contribution in [0.25, 0.3) is 10.9 Å². The molecule has 0 spiro atoms. The molecule has 1 aromatic heterocycles. The van der Waals surface area contributed by atoms with Gasteiger partial charge in [0, 0.05) is 18.5 Å². The highest BCUT2D eigenvalue weighted by atomic mass is 16.5. The number of rotatable bonds is 2. The Morgan fingerprint density at radius 1 is 1.38 bits per heavy atom. The Morgan fingerprint density at radius 2 is 2.19 bits per heavy atom. The predicted octanol–water partition coefficient (Wildman–Crippen LogP) is 0.736. The third-order valence-electron chi connectivity index (χ3n) is 3.57. The molecule has 1 amide bonds. The van der Waals surface area contributed by atoms with E-state index in [-0.39, 0.29) is 19.1 Å². The van der Waals surface area contributed by atoms with Gasteiger partial charge in [-0.15, -0.1) is 0 Å². The SMILES string of the molecule is O=C(O)C1COCCN(C(=O)c2n[nH]c3ccccc23)C1. The highest BCUT2D eigenvalue weighted by molar-refractivity contribution is 6.04. The van der Waals surface area contributed by atoms with E-state index in [1.807, 2.05) is 24.3 Å². The zero-order valence-electron chi connectivity index (χ0n) is 11.3. The first kappa shape index (κ1) is 13.6. The average molecular weight is 289 g/mol. The summed E-state index contributed by atoms with van der Waals surface area (Å²) in [6.45, 7) is 0.956. The molecule has 7 nitrogen and oxygen atoms in total. The second-order valence-electron chi connectivity index (χ2n) is 4.98. The van der Waals surface area contributed by atoms with Crippen LogP contribution in [-0.4, -0.2) is 58.4 Å². The van der Waals surface area contributed by atoms with Crippen LogP contribution < -0.4 is 0 Å². The third-order valence-corrected chi connectivity index (χ3v) is 3.57. The van der Waals surface area contributed by atoms with Gasteiger partial charge in [-0.3, -0.25) is 14.7 Å². The van der Waals surface area contributed by atoms with Crippen LogP contribution >= 0.6 is 0 Å². The first-order chi connectivity index (χ1) is 10.2. The van der Waals surface area contributed by atoms with Crippen molar-refractivity contribution in [3.63, 3.8) is 0 Å². The topological polar surface area (TPSA) is 95.5 Å². The summed E-state index contributed by atoms with van der Waals surface area (Å²) in [5, 5.41) is 16.7. The molecule has 2 aromatic rings. The van der Waals surface area contributed by atoms with Gasteiger partial charge in [-0.1, -0.05) is 18.2 Å². The standard InChI is InChI=1S/C14H15N3O4/c18-13(12-10-3-1-2-4-11(10)15-16-12)17-5-6-21-8-9(7-17)14(19)20/h1-4,9H,5-8H2,(H,15,16)(H,19,20). The van der Waals surface area contributed by atoms with Gasteiger partial charge >= 0.3 is 5.97 Å². The number of benzene rings is 1. The number of hydrogen-bond acceptors (Lipinski definition) is 4. The lowest BCUT2D eigenvalue weighted by Crippen LogP contribution is -2.38. The number of carboxylic acids is 1. The van der Waals surface area contributed by atoms with Crippen molar-refractivity contribution in [3.05, 3.63) is 30.0 Å². The van der Waals surface area contributed by atoms with Crippen LogP contribution in [0.5, 0.6) is 0 Å². The molecule has 1 fully saturated rings. The lowest BCUT2D eigenvalue weighted by Gasteiger charge is -2.20. The van der Waals surface area contributed by atoms with E-state index in [0.717, 1.165) is 10.9 Å². The summed E-state index contributed by atoms with van der Waals surface area (Å²) in [7, 11) is 0. The fourth-order valence-electron chi connectivity index (χ4n) is 2.42. The first-order valence-electron chi connectivity index (χ1n) is 6.70. The number of H-pyrrole nitrogens is 1. The number of nitrogens with one attached hydrogen (secondary N) is 1. The minimum absolute atomic E-state index is 0.125. The fraction of sp³-hybridized carbons (Fsp3) is 0.357. The van der Waals surface area contributed by atoms with Gasteiger partial charge in [-0.05, 0) is 6.07 Å². The van der Waals surface area contributed by atoms with Crippen molar-refractivity contribution >= 4 is 22.8 Å². The van der Waals surface area contributed by atoms with Crippen LogP contribution in [0, 0.1) is 5.92 Å². The molecule has 2 N–H and O–H groups in total. The highest BCUT2D eigenvalue weighted by Crippen LogP contribution is 2.18. The molecule has 1 atom stereocenters. The van der Waals surface area contributed by atoms with E-state index >= 15 is 0 Å². The van der Waals surface area contributed by atoms with Gasteiger partial charge < -0.3 is 14.7 Å². The van der Waals surface area contributed by atoms with Gasteiger partial charge in [0.25, 0.3) is 5.91 Å². The Bertz CT molecular complexity index is 682. The largest absolute Gasteiger partial charge is 0.481 e. The molecule has 3 rings (SSSR count). The number of aromatic nitrogens is 2. The van der Waals surface area contributed by atoms with Gasteiger partial charge in [0.05, 0.1) is 24.6 Å². The molecular weight excluding hydrogens is 274 g/mol. The zero-order chi connectivity index (χ0) is 14.8. The van der Waals surface area contributed by atoms with Crippen LogP contribution in [0.3, 0.4) is 0 Å². The molecule has 1 aliphatic rings. The van der Waals surface area contributed by atoms with E-state index in [1.54, 1.807) is 0 Å². The number of amides is 1. The summed E-state index contributed by atoms with van der Waals surface area (Å²) in [4.78, 5) is 25.2. The molecular formula is C14H15N3O4. The monoisotopic (exact) mass is 289 g/mol. The Kier molecular flexibility index (Phi) is 3.57. The van der Waals surface area contributed by atoms with Crippen LogP contribution in [0.2, 0.25) is 0 Å². The number of hydrogen-bond donors (Lipinski definition) is 2. The van der Waals surface area contributed by atoms with Gasteiger partial charge in [0.2, 0.25) is 0 Å². The van der Waals surface area contributed by atoms with Crippen molar-refractivity contribution in [1.82, 2.24) is 15.1 Å². The number of carbonyl (C=O) groups excluding carboxylic acids is 1. The van der Waals surface area contributed by atoms with Crippen molar-refractivity contribution in [2.75, 3.05) is 26.3 Å². The molecule has 0 bridgehead atoms. The number of carbonyl (C=O) groups is 2. The second-order valence-corrected chi connectivity index (χ2v) is 4.98. The number of aromatic amines is 1. The first-order valence-corrected chi connectivity index (χ1v) is 6.70. The van der Waals surface area contributed by atoms with Gasteiger partial charge in [0.15, 0.2) is 5.69 Å². The highest BCUT2D eigenvalue weighted by Gasteiger charge is 2.29. The lowest BCUT2D eigenvalue weighted by molar-refractivity contribution is -0.143. The maximum atomic E-state index is 12.6. The van der Waals surface area contributed by atoms with Crippen molar-refractivity contribution in [1.29, 1.82) is 0 Å². The maximum Gasteiger partial charge on any atom is 0.310 e. The van der Waals surface area contributed by atoms with Crippen molar-refractivity contribution < 1.29 is 19.4 Å². The summed E-state index contributed by atoms with van der Waals surface area (Å²) >= 11 is 0. The molecule has 1 unspecified atom stereocenters. The molecule has 110 valence electrons. The number of aliphatic carboxylic acids is 1. The summed E-state index contributed by atoms with van der Waals surface area (Å²) in [5.74, 6) is -1.94. The average Bonchev–Trinajstić information content (AvgIpc) is 2.75. The summed E-state index contributed by atoms with van der Waals surface area (Å²) in [6.07, 6.45) is 0. The molecule has 1 aromatic carbocycles. The molecule has 7 heteroatoms. The maximum absolute atomic E-state index is 12.6. The Balaban J connectivity index is 1.88. The molecule has 1 saturated heterocycles. The second kappa shape index (κ2) is 5.53. The van der Waals surface area contributed by atoms with E-state index in [9.17, 15) is 9.59 Å².